The van der Waals surface area contributed by atoms with E-state index in [-0.39, 0.29) is 18.3 Å². The Morgan fingerprint density at radius 2 is 2.11 bits per heavy atom. The summed E-state index contributed by atoms with van der Waals surface area (Å²) in [6.07, 6.45) is 0. The van der Waals surface area contributed by atoms with Crippen molar-refractivity contribution >= 4 is 29.7 Å². The Morgan fingerprint density at radius 1 is 1.44 bits per heavy atom. The molecule has 1 amide bonds. The molecule has 0 aromatic carbocycles. The van der Waals surface area contributed by atoms with Crippen molar-refractivity contribution in [3.8, 4) is 5.75 Å². The number of likely N-dealkylation sites (tertiary alicyclic amines) is 1. The minimum atomic E-state index is 0. The Kier molecular flexibility index (Phi) is 4.14. The Morgan fingerprint density at radius 3 is 2.67 bits per heavy atom. The molecule has 1 aromatic rings. The van der Waals surface area contributed by atoms with Gasteiger partial charge in [-0.2, -0.15) is 0 Å². The topological polar surface area (TPSA) is 41.6 Å². The third kappa shape index (κ3) is 2.35. The standard InChI is InChI=1S/C12H16N2O2S.ClH/c1-16-10-2-11(17-7-10)12(15)14-5-8-3-13-4-9(8)6-14;/h2,7-9,13H,3-6H2,1H3;1H/t8-,9+;. The number of amides is 1. The number of nitrogens with one attached hydrogen (secondary N) is 1. The van der Waals surface area contributed by atoms with E-state index >= 15 is 0 Å². The summed E-state index contributed by atoms with van der Waals surface area (Å²) in [5.41, 5.74) is 0. The van der Waals surface area contributed by atoms with Crippen LogP contribution in [0.3, 0.4) is 0 Å². The fourth-order valence-electron chi connectivity index (χ4n) is 2.72. The van der Waals surface area contributed by atoms with Crippen molar-refractivity contribution in [3.05, 3.63) is 16.3 Å². The number of ether oxygens (including phenoxy) is 1. The lowest BCUT2D eigenvalue weighted by atomic mass is 10.0. The highest BCUT2D eigenvalue weighted by Crippen LogP contribution is 2.29. The molecule has 3 rings (SSSR count). The highest BCUT2D eigenvalue weighted by molar-refractivity contribution is 7.12. The van der Waals surface area contributed by atoms with Gasteiger partial charge in [0.05, 0.1) is 12.0 Å². The molecule has 2 aliphatic rings. The molecule has 3 heterocycles. The molecule has 18 heavy (non-hydrogen) atoms. The molecule has 0 unspecified atom stereocenters. The summed E-state index contributed by atoms with van der Waals surface area (Å²) in [6.45, 7) is 3.91. The fourth-order valence-corrected chi connectivity index (χ4v) is 3.54. The lowest BCUT2D eigenvalue weighted by Crippen LogP contribution is -2.31. The molecule has 2 aliphatic heterocycles. The third-order valence-electron chi connectivity index (χ3n) is 3.70. The average molecular weight is 289 g/mol. The first kappa shape index (κ1) is 13.6. The van der Waals surface area contributed by atoms with E-state index in [1.165, 1.54) is 11.3 Å². The van der Waals surface area contributed by atoms with Crippen LogP contribution in [0.1, 0.15) is 9.67 Å². The Balaban J connectivity index is 0.00000120. The van der Waals surface area contributed by atoms with Crippen molar-refractivity contribution in [3.63, 3.8) is 0 Å². The van der Waals surface area contributed by atoms with Crippen molar-refractivity contribution in [2.24, 2.45) is 11.8 Å². The summed E-state index contributed by atoms with van der Waals surface area (Å²) in [5.74, 6) is 2.24. The molecule has 4 nitrogen and oxygen atoms in total. The smallest absolute Gasteiger partial charge is 0.264 e. The summed E-state index contributed by atoms with van der Waals surface area (Å²) >= 11 is 1.47. The van der Waals surface area contributed by atoms with Gasteiger partial charge in [-0.25, -0.2) is 0 Å². The van der Waals surface area contributed by atoms with Crippen molar-refractivity contribution in [1.82, 2.24) is 10.2 Å². The second-order valence-electron chi connectivity index (χ2n) is 4.74. The van der Waals surface area contributed by atoms with E-state index in [1.807, 2.05) is 16.3 Å². The number of methoxy groups -OCH3 is 1. The van der Waals surface area contributed by atoms with Crippen LogP contribution in [0.5, 0.6) is 5.75 Å². The first-order valence-electron chi connectivity index (χ1n) is 5.90. The van der Waals surface area contributed by atoms with Crippen LogP contribution in [-0.4, -0.2) is 44.1 Å². The minimum absolute atomic E-state index is 0. The zero-order valence-electron chi connectivity index (χ0n) is 10.2. The van der Waals surface area contributed by atoms with Gasteiger partial charge in [0.25, 0.3) is 5.91 Å². The molecular formula is C12H17ClN2O2S. The van der Waals surface area contributed by atoms with Gasteiger partial charge in [-0.05, 0) is 11.8 Å². The summed E-state index contributed by atoms with van der Waals surface area (Å²) < 4.78 is 5.11. The normalized spacial score (nSPS) is 25.7. The summed E-state index contributed by atoms with van der Waals surface area (Å²) in [5, 5.41) is 5.26. The third-order valence-corrected chi connectivity index (χ3v) is 4.60. The lowest BCUT2D eigenvalue weighted by Gasteiger charge is -2.16. The molecule has 6 heteroatoms. The minimum Gasteiger partial charge on any atom is -0.496 e. The number of carbonyl (C=O) groups is 1. The summed E-state index contributed by atoms with van der Waals surface area (Å²) in [4.78, 5) is 15.0. The molecule has 2 atom stereocenters. The van der Waals surface area contributed by atoms with Crippen LogP contribution in [0.15, 0.2) is 11.4 Å². The molecule has 100 valence electrons. The van der Waals surface area contributed by atoms with E-state index in [1.54, 1.807) is 7.11 Å². The molecule has 0 aliphatic carbocycles. The Labute approximate surface area is 117 Å². The number of rotatable bonds is 2. The molecule has 2 saturated heterocycles. The number of thiophene rings is 1. The van der Waals surface area contributed by atoms with E-state index in [0.29, 0.717) is 11.8 Å². The van der Waals surface area contributed by atoms with Gasteiger partial charge in [0.2, 0.25) is 0 Å². The van der Waals surface area contributed by atoms with Crippen LogP contribution in [-0.2, 0) is 0 Å². The van der Waals surface area contributed by atoms with Gasteiger partial charge in [0.1, 0.15) is 5.75 Å². The number of halogens is 1. The zero-order chi connectivity index (χ0) is 11.8. The Bertz CT molecular complexity index is 425. The van der Waals surface area contributed by atoms with E-state index in [4.69, 9.17) is 4.74 Å². The molecule has 1 N–H and O–H groups in total. The number of fused-ring (bicyclic) bond motifs is 1. The monoisotopic (exact) mass is 288 g/mol. The maximum atomic E-state index is 12.3. The summed E-state index contributed by atoms with van der Waals surface area (Å²) in [7, 11) is 1.63. The van der Waals surface area contributed by atoms with Gasteiger partial charge in [0, 0.05) is 37.6 Å². The van der Waals surface area contributed by atoms with Gasteiger partial charge in [-0.3, -0.25) is 4.79 Å². The van der Waals surface area contributed by atoms with Crippen molar-refractivity contribution in [1.29, 1.82) is 0 Å². The SMILES string of the molecule is COc1csc(C(=O)N2C[C@H]3CNC[C@H]3C2)c1.Cl. The number of hydrogen-bond donors (Lipinski definition) is 1. The van der Waals surface area contributed by atoms with E-state index in [0.717, 1.165) is 36.8 Å². The number of hydrogen-bond acceptors (Lipinski definition) is 4. The summed E-state index contributed by atoms with van der Waals surface area (Å²) in [6, 6.07) is 1.83. The van der Waals surface area contributed by atoms with E-state index in [2.05, 4.69) is 5.32 Å². The van der Waals surface area contributed by atoms with Crippen molar-refractivity contribution < 1.29 is 9.53 Å². The van der Waals surface area contributed by atoms with Gasteiger partial charge < -0.3 is 15.0 Å². The van der Waals surface area contributed by atoms with Gasteiger partial charge in [0.15, 0.2) is 0 Å². The molecule has 1 aromatic heterocycles. The molecule has 0 saturated carbocycles. The van der Waals surface area contributed by atoms with E-state index in [9.17, 15) is 4.79 Å². The van der Waals surface area contributed by atoms with Crippen LogP contribution in [0.2, 0.25) is 0 Å². The van der Waals surface area contributed by atoms with Crippen LogP contribution in [0, 0.1) is 11.8 Å². The van der Waals surface area contributed by atoms with Crippen LogP contribution < -0.4 is 10.1 Å². The molecule has 0 spiro atoms. The van der Waals surface area contributed by atoms with Crippen molar-refractivity contribution in [2.45, 2.75) is 0 Å². The Hall–Kier alpha value is -0.780. The van der Waals surface area contributed by atoms with Crippen LogP contribution >= 0.6 is 23.7 Å². The lowest BCUT2D eigenvalue weighted by molar-refractivity contribution is 0.0786. The average Bonchev–Trinajstić information content (AvgIpc) is 3.02. The number of carbonyl (C=O) groups excluding carboxylic acids is 1. The van der Waals surface area contributed by atoms with Crippen LogP contribution in [0.25, 0.3) is 0 Å². The molecular weight excluding hydrogens is 272 g/mol. The highest BCUT2D eigenvalue weighted by Gasteiger charge is 2.38. The fraction of sp³-hybridized carbons (Fsp3) is 0.583. The predicted molar refractivity (Wildman–Crippen MR) is 73.9 cm³/mol. The van der Waals surface area contributed by atoms with Gasteiger partial charge >= 0.3 is 0 Å². The first-order valence-corrected chi connectivity index (χ1v) is 6.78. The van der Waals surface area contributed by atoms with Crippen LogP contribution in [0.4, 0.5) is 0 Å². The maximum Gasteiger partial charge on any atom is 0.264 e. The van der Waals surface area contributed by atoms with Gasteiger partial charge in [-0.15, -0.1) is 23.7 Å². The maximum absolute atomic E-state index is 12.3. The predicted octanol–water partition coefficient (Wildman–Crippen LogP) is 1.47. The number of nitrogens with zero attached hydrogens (tertiary/aromatic N) is 1. The first-order chi connectivity index (χ1) is 8.28. The zero-order valence-corrected chi connectivity index (χ0v) is 11.9. The second kappa shape index (κ2) is 5.47. The van der Waals surface area contributed by atoms with Crippen molar-refractivity contribution in [2.75, 3.05) is 33.3 Å². The quantitative estimate of drug-likeness (QED) is 0.896. The molecule has 0 bridgehead atoms. The largest absolute Gasteiger partial charge is 0.496 e. The highest BCUT2D eigenvalue weighted by atomic mass is 35.5. The molecule has 2 fully saturated rings. The van der Waals surface area contributed by atoms with Gasteiger partial charge in [-0.1, -0.05) is 0 Å². The molecule has 0 radical (unpaired) electrons. The second-order valence-corrected chi connectivity index (χ2v) is 5.65. The van der Waals surface area contributed by atoms with E-state index < -0.39 is 0 Å².